The van der Waals surface area contributed by atoms with Crippen molar-refractivity contribution in [2.45, 2.75) is 11.3 Å². The Labute approximate surface area is 142 Å². The van der Waals surface area contributed by atoms with Crippen molar-refractivity contribution in [3.8, 4) is 11.5 Å². The zero-order chi connectivity index (χ0) is 16.9. The molecule has 0 saturated carbocycles. The van der Waals surface area contributed by atoms with Gasteiger partial charge in [-0.2, -0.15) is 0 Å². The first-order chi connectivity index (χ1) is 11.6. The average molecular weight is 351 g/mol. The van der Waals surface area contributed by atoms with Crippen LogP contribution in [0.15, 0.2) is 41.3 Å². The number of carbonyl (C=O) groups excluding carboxylic acids is 1. The first-order valence-electron chi connectivity index (χ1n) is 7.39. The second kappa shape index (κ2) is 7.53. The van der Waals surface area contributed by atoms with E-state index >= 15 is 0 Å². The molecule has 0 radical (unpaired) electrons. The molecule has 0 saturated heterocycles. The molecule has 0 spiro atoms. The summed E-state index contributed by atoms with van der Waals surface area (Å²) in [6, 6.07) is 8.48. The first-order valence-corrected chi connectivity index (χ1v) is 8.38. The van der Waals surface area contributed by atoms with Gasteiger partial charge in [-0.05, 0) is 30.3 Å². The fourth-order valence-electron chi connectivity index (χ4n) is 2.16. The van der Waals surface area contributed by atoms with Gasteiger partial charge in [-0.1, -0.05) is 0 Å². The number of benzene rings is 2. The number of halogens is 2. The molecule has 126 valence electrons. The maximum Gasteiger partial charge on any atom is 0.234 e. The summed E-state index contributed by atoms with van der Waals surface area (Å²) in [4.78, 5) is 12.8. The molecule has 1 N–H and O–H groups in total. The van der Waals surface area contributed by atoms with Crippen LogP contribution in [0.1, 0.15) is 6.42 Å². The number of carbonyl (C=O) groups is 1. The van der Waals surface area contributed by atoms with Gasteiger partial charge in [0.1, 0.15) is 11.6 Å². The first kappa shape index (κ1) is 16.6. The summed E-state index contributed by atoms with van der Waals surface area (Å²) in [5.41, 5.74) is -0.0411. The number of anilines is 1. The van der Waals surface area contributed by atoms with Gasteiger partial charge < -0.3 is 14.8 Å². The fourth-order valence-corrected chi connectivity index (χ4v) is 2.88. The van der Waals surface area contributed by atoms with Gasteiger partial charge in [-0.15, -0.1) is 11.8 Å². The molecule has 1 amide bonds. The van der Waals surface area contributed by atoms with Crippen LogP contribution in [-0.2, 0) is 4.79 Å². The lowest BCUT2D eigenvalue weighted by Crippen LogP contribution is -2.15. The quantitative estimate of drug-likeness (QED) is 0.850. The summed E-state index contributed by atoms with van der Waals surface area (Å²) < 4.78 is 37.5. The van der Waals surface area contributed by atoms with E-state index in [9.17, 15) is 13.6 Å². The topological polar surface area (TPSA) is 47.6 Å². The lowest BCUT2D eigenvalue weighted by atomic mass is 10.3. The number of fused-ring (bicyclic) bond motifs is 1. The molecule has 1 aliphatic heterocycles. The van der Waals surface area contributed by atoms with Crippen LogP contribution in [0.2, 0.25) is 0 Å². The van der Waals surface area contributed by atoms with Gasteiger partial charge >= 0.3 is 0 Å². The standard InChI is InChI=1S/C17H15F2NO3S/c18-11-2-4-14(13(19)8-11)20-17(21)10-24-12-3-5-15-16(9-12)23-7-1-6-22-15/h2-5,8-9H,1,6-7,10H2,(H,20,21). The predicted molar refractivity (Wildman–Crippen MR) is 87.8 cm³/mol. The second-order valence-corrected chi connectivity index (χ2v) is 6.17. The van der Waals surface area contributed by atoms with Crippen LogP contribution in [0.5, 0.6) is 11.5 Å². The summed E-state index contributed by atoms with van der Waals surface area (Å²) in [6.45, 7) is 1.20. The number of amides is 1. The van der Waals surface area contributed by atoms with E-state index in [0.717, 1.165) is 23.4 Å². The highest BCUT2D eigenvalue weighted by molar-refractivity contribution is 8.00. The molecule has 0 bridgehead atoms. The third-order valence-electron chi connectivity index (χ3n) is 3.29. The zero-order valence-corrected chi connectivity index (χ0v) is 13.5. The summed E-state index contributed by atoms with van der Waals surface area (Å²) in [6.07, 6.45) is 0.822. The van der Waals surface area contributed by atoms with Crippen LogP contribution in [0, 0.1) is 11.6 Å². The predicted octanol–water partition coefficient (Wildman–Crippen LogP) is 3.86. The number of hydrogen-bond donors (Lipinski definition) is 1. The van der Waals surface area contributed by atoms with Crippen molar-refractivity contribution in [1.82, 2.24) is 0 Å². The van der Waals surface area contributed by atoms with Crippen LogP contribution < -0.4 is 14.8 Å². The van der Waals surface area contributed by atoms with Gasteiger partial charge in [0.05, 0.1) is 24.7 Å². The van der Waals surface area contributed by atoms with Crippen LogP contribution >= 0.6 is 11.8 Å². The minimum Gasteiger partial charge on any atom is -0.490 e. The maximum atomic E-state index is 13.5. The minimum absolute atomic E-state index is 0.0411. The van der Waals surface area contributed by atoms with Gasteiger partial charge in [-0.25, -0.2) is 8.78 Å². The molecule has 24 heavy (non-hydrogen) atoms. The molecule has 0 atom stereocenters. The van der Waals surface area contributed by atoms with Crippen LogP contribution in [0.4, 0.5) is 14.5 Å². The second-order valence-electron chi connectivity index (χ2n) is 5.12. The van der Waals surface area contributed by atoms with Gasteiger partial charge in [0.15, 0.2) is 11.5 Å². The minimum atomic E-state index is -0.802. The van der Waals surface area contributed by atoms with Crippen molar-refractivity contribution in [2.24, 2.45) is 0 Å². The van der Waals surface area contributed by atoms with E-state index in [1.165, 1.54) is 17.8 Å². The lowest BCUT2D eigenvalue weighted by Gasteiger charge is -2.09. The van der Waals surface area contributed by atoms with Crippen molar-refractivity contribution in [2.75, 3.05) is 24.3 Å². The zero-order valence-electron chi connectivity index (χ0n) is 12.7. The smallest absolute Gasteiger partial charge is 0.234 e. The van der Waals surface area contributed by atoms with E-state index < -0.39 is 11.6 Å². The van der Waals surface area contributed by atoms with Crippen molar-refractivity contribution in [3.05, 3.63) is 48.0 Å². The van der Waals surface area contributed by atoms with Crippen molar-refractivity contribution in [1.29, 1.82) is 0 Å². The molecule has 2 aromatic rings. The Morgan fingerprint density at radius 3 is 2.67 bits per heavy atom. The van der Waals surface area contributed by atoms with Crippen molar-refractivity contribution >= 4 is 23.4 Å². The Bertz CT molecular complexity index is 755. The number of rotatable bonds is 4. The number of nitrogens with one attached hydrogen (secondary N) is 1. The molecule has 1 heterocycles. The third-order valence-corrected chi connectivity index (χ3v) is 4.29. The molecule has 0 aliphatic carbocycles. The Kier molecular flexibility index (Phi) is 5.20. The molecule has 0 unspecified atom stereocenters. The number of hydrogen-bond acceptors (Lipinski definition) is 4. The summed E-state index contributed by atoms with van der Waals surface area (Å²) in [5, 5.41) is 2.42. The van der Waals surface area contributed by atoms with E-state index in [1.807, 2.05) is 12.1 Å². The van der Waals surface area contributed by atoms with Crippen molar-refractivity contribution < 1.29 is 23.0 Å². The lowest BCUT2D eigenvalue weighted by molar-refractivity contribution is -0.113. The molecule has 0 fully saturated rings. The van der Waals surface area contributed by atoms with Gasteiger partial charge in [0, 0.05) is 17.4 Å². The largest absolute Gasteiger partial charge is 0.490 e. The normalized spacial score (nSPS) is 13.2. The van der Waals surface area contributed by atoms with E-state index in [1.54, 1.807) is 6.07 Å². The summed E-state index contributed by atoms with van der Waals surface area (Å²) in [7, 11) is 0. The maximum absolute atomic E-state index is 13.5. The molecular formula is C17H15F2NO3S. The Hall–Kier alpha value is -2.28. The highest BCUT2D eigenvalue weighted by Gasteiger charge is 2.12. The fraction of sp³-hybridized carbons (Fsp3) is 0.235. The van der Waals surface area contributed by atoms with Crippen molar-refractivity contribution in [3.63, 3.8) is 0 Å². The molecule has 1 aliphatic rings. The molecule has 2 aromatic carbocycles. The van der Waals surface area contributed by atoms with Gasteiger partial charge in [0.25, 0.3) is 0 Å². The SMILES string of the molecule is O=C(CSc1ccc2c(c1)OCCCO2)Nc1ccc(F)cc1F. The average Bonchev–Trinajstić information content (AvgIpc) is 2.80. The third kappa shape index (κ3) is 4.17. The molecular weight excluding hydrogens is 336 g/mol. The van der Waals surface area contributed by atoms with E-state index in [0.29, 0.717) is 24.7 Å². The van der Waals surface area contributed by atoms with Gasteiger partial charge in [-0.3, -0.25) is 4.79 Å². The van der Waals surface area contributed by atoms with Crippen LogP contribution in [-0.4, -0.2) is 24.9 Å². The Balaban J connectivity index is 1.59. The van der Waals surface area contributed by atoms with E-state index in [2.05, 4.69) is 5.32 Å². The molecule has 4 nitrogen and oxygen atoms in total. The summed E-state index contributed by atoms with van der Waals surface area (Å²) >= 11 is 1.29. The highest BCUT2D eigenvalue weighted by atomic mass is 32.2. The van der Waals surface area contributed by atoms with E-state index in [4.69, 9.17) is 9.47 Å². The number of thioether (sulfide) groups is 1. The summed E-state index contributed by atoms with van der Waals surface area (Å²) in [5.74, 6) is -0.429. The van der Waals surface area contributed by atoms with Gasteiger partial charge in [0.2, 0.25) is 5.91 Å². The number of ether oxygens (including phenoxy) is 2. The molecule has 0 aromatic heterocycles. The molecule has 3 rings (SSSR count). The Morgan fingerprint density at radius 1 is 1.08 bits per heavy atom. The molecule has 7 heteroatoms. The van der Waals surface area contributed by atoms with Crippen LogP contribution in [0.3, 0.4) is 0 Å². The monoisotopic (exact) mass is 351 g/mol. The van der Waals surface area contributed by atoms with E-state index in [-0.39, 0.29) is 17.3 Å². The Morgan fingerprint density at radius 2 is 1.88 bits per heavy atom. The van der Waals surface area contributed by atoms with Crippen LogP contribution in [0.25, 0.3) is 0 Å². The highest BCUT2D eigenvalue weighted by Crippen LogP contribution is 2.33.